The number of nitrogens with one attached hydrogen (secondary N) is 1. The van der Waals surface area contributed by atoms with Crippen molar-refractivity contribution in [1.82, 2.24) is 5.32 Å². The van der Waals surface area contributed by atoms with Crippen LogP contribution in [0, 0.1) is 5.92 Å². The van der Waals surface area contributed by atoms with E-state index in [2.05, 4.69) is 12.2 Å². The molecule has 19 heavy (non-hydrogen) atoms. The Morgan fingerprint density at radius 3 is 2.84 bits per heavy atom. The van der Waals surface area contributed by atoms with Gasteiger partial charge in [-0.1, -0.05) is 19.4 Å². The molecule has 0 aromatic heterocycles. The Balaban J connectivity index is 2.68. The van der Waals surface area contributed by atoms with Gasteiger partial charge in [0.25, 0.3) is 5.91 Å². The standard InChI is InChI=1S/C14H22N2O3/c1-3-10(7-8-15)9-16-14(18)11-5-4-6-12(19-2)13(11)17/h4-6,10,17H,3,7-9,15H2,1-2H3,(H,16,18). The Kier molecular flexibility index (Phi) is 6.15. The molecule has 5 heteroatoms. The molecule has 1 rings (SSSR count). The summed E-state index contributed by atoms with van der Waals surface area (Å²) in [6.07, 6.45) is 1.84. The predicted octanol–water partition coefficient (Wildman–Crippen LogP) is 1.51. The summed E-state index contributed by atoms with van der Waals surface area (Å²) >= 11 is 0. The van der Waals surface area contributed by atoms with Crippen LogP contribution in [-0.4, -0.2) is 31.2 Å². The molecule has 0 bridgehead atoms. The number of rotatable bonds is 7. The summed E-state index contributed by atoms with van der Waals surface area (Å²) in [5.74, 6) is 0.226. The topological polar surface area (TPSA) is 84.6 Å². The van der Waals surface area contributed by atoms with Crippen LogP contribution in [0.3, 0.4) is 0 Å². The summed E-state index contributed by atoms with van der Waals surface area (Å²) in [5.41, 5.74) is 5.74. The van der Waals surface area contributed by atoms with Crippen molar-refractivity contribution in [2.75, 3.05) is 20.2 Å². The zero-order chi connectivity index (χ0) is 14.3. The number of amides is 1. The van der Waals surface area contributed by atoms with E-state index in [1.54, 1.807) is 18.2 Å². The first-order chi connectivity index (χ1) is 9.13. The number of carbonyl (C=O) groups excluding carboxylic acids is 1. The maximum absolute atomic E-state index is 12.0. The van der Waals surface area contributed by atoms with Crippen LogP contribution in [0.1, 0.15) is 30.1 Å². The summed E-state index contributed by atoms with van der Waals surface area (Å²) in [4.78, 5) is 12.0. The number of nitrogens with two attached hydrogens (primary N) is 1. The van der Waals surface area contributed by atoms with Crippen LogP contribution in [0.25, 0.3) is 0 Å². The lowest BCUT2D eigenvalue weighted by Gasteiger charge is -2.15. The van der Waals surface area contributed by atoms with Crippen LogP contribution in [0.4, 0.5) is 0 Å². The van der Waals surface area contributed by atoms with Gasteiger partial charge in [-0.2, -0.15) is 0 Å². The lowest BCUT2D eigenvalue weighted by molar-refractivity contribution is 0.0943. The number of carbonyl (C=O) groups is 1. The second-order valence-electron chi connectivity index (χ2n) is 4.42. The molecule has 5 nitrogen and oxygen atoms in total. The maximum atomic E-state index is 12.0. The normalized spacial score (nSPS) is 11.9. The highest BCUT2D eigenvalue weighted by atomic mass is 16.5. The van der Waals surface area contributed by atoms with Crippen LogP contribution in [0.5, 0.6) is 11.5 Å². The van der Waals surface area contributed by atoms with E-state index < -0.39 is 0 Å². The van der Waals surface area contributed by atoms with Gasteiger partial charge in [0.15, 0.2) is 11.5 Å². The third-order valence-corrected chi connectivity index (χ3v) is 3.17. The zero-order valence-corrected chi connectivity index (χ0v) is 11.5. The Morgan fingerprint density at radius 2 is 2.26 bits per heavy atom. The molecule has 106 valence electrons. The van der Waals surface area contributed by atoms with Crippen LogP contribution in [0.2, 0.25) is 0 Å². The lowest BCUT2D eigenvalue weighted by Crippen LogP contribution is -2.30. The molecule has 1 amide bonds. The highest BCUT2D eigenvalue weighted by molar-refractivity contribution is 5.97. The van der Waals surface area contributed by atoms with Gasteiger partial charge in [0.1, 0.15) is 0 Å². The van der Waals surface area contributed by atoms with Crippen LogP contribution in [0.15, 0.2) is 18.2 Å². The quantitative estimate of drug-likeness (QED) is 0.698. The molecule has 0 aliphatic heterocycles. The summed E-state index contributed by atoms with van der Waals surface area (Å²) in [6, 6.07) is 4.84. The molecule has 4 N–H and O–H groups in total. The van der Waals surface area contributed by atoms with E-state index in [-0.39, 0.29) is 17.2 Å². The van der Waals surface area contributed by atoms with E-state index in [1.807, 2.05) is 0 Å². The third kappa shape index (κ3) is 4.13. The predicted molar refractivity (Wildman–Crippen MR) is 74.4 cm³/mol. The van der Waals surface area contributed by atoms with Crippen molar-refractivity contribution in [2.45, 2.75) is 19.8 Å². The van der Waals surface area contributed by atoms with Gasteiger partial charge >= 0.3 is 0 Å². The van der Waals surface area contributed by atoms with Gasteiger partial charge in [0.05, 0.1) is 12.7 Å². The highest BCUT2D eigenvalue weighted by Gasteiger charge is 2.15. The molecule has 1 atom stereocenters. The fraction of sp³-hybridized carbons (Fsp3) is 0.500. The molecule has 1 aromatic carbocycles. The number of para-hydroxylation sites is 1. The molecule has 0 aliphatic carbocycles. The molecule has 0 saturated heterocycles. The van der Waals surface area contributed by atoms with Gasteiger partial charge in [-0.25, -0.2) is 0 Å². The van der Waals surface area contributed by atoms with Crippen LogP contribution >= 0.6 is 0 Å². The number of ether oxygens (including phenoxy) is 1. The Bertz CT molecular complexity index is 421. The van der Waals surface area contributed by atoms with Crippen LogP contribution in [-0.2, 0) is 0 Å². The molecule has 1 unspecified atom stereocenters. The van der Waals surface area contributed by atoms with Crippen molar-refractivity contribution >= 4 is 5.91 Å². The van der Waals surface area contributed by atoms with Crippen molar-refractivity contribution < 1.29 is 14.6 Å². The van der Waals surface area contributed by atoms with Crippen molar-refractivity contribution in [3.05, 3.63) is 23.8 Å². The van der Waals surface area contributed by atoms with Crippen molar-refractivity contribution in [2.24, 2.45) is 11.7 Å². The monoisotopic (exact) mass is 266 g/mol. The molecular formula is C14H22N2O3. The molecule has 0 fully saturated rings. The zero-order valence-electron chi connectivity index (χ0n) is 11.5. The summed E-state index contributed by atoms with van der Waals surface area (Å²) < 4.78 is 4.97. The molecule has 0 aliphatic rings. The second-order valence-corrected chi connectivity index (χ2v) is 4.42. The van der Waals surface area contributed by atoms with Crippen molar-refractivity contribution in [1.29, 1.82) is 0 Å². The highest BCUT2D eigenvalue weighted by Crippen LogP contribution is 2.29. The first kappa shape index (κ1) is 15.3. The maximum Gasteiger partial charge on any atom is 0.255 e. The fourth-order valence-electron chi connectivity index (χ4n) is 1.89. The first-order valence-electron chi connectivity index (χ1n) is 6.48. The van der Waals surface area contributed by atoms with E-state index in [0.29, 0.717) is 24.8 Å². The number of methoxy groups -OCH3 is 1. The molecular weight excluding hydrogens is 244 g/mol. The van der Waals surface area contributed by atoms with Crippen molar-refractivity contribution in [3.63, 3.8) is 0 Å². The van der Waals surface area contributed by atoms with Gasteiger partial charge < -0.3 is 20.9 Å². The Morgan fingerprint density at radius 1 is 1.53 bits per heavy atom. The lowest BCUT2D eigenvalue weighted by atomic mass is 10.0. The average molecular weight is 266 g/mol. The SMILES string of the molecule is CCC(CCN)CNC(=O)c1cccc(OC)c1O. The molecule has 0 saturated carbocycles. The molecule has 0 spiro atoms. The number of benzene rings is 1. The van der Waals surface area contributed by atoms with Gasteiger partial charge in [-0.05, 0) is 31.0 Å². The number of hydrogen-bond donors (Lipinski definition) is 3. The molecule has 1 aromatic rings. The van der Waals surface area contributed by atoms with E-state index >= 15 is 0 Å². The minimum Gasteiger partial charge on any atom is -0.504 e. The average Bonchev–Trinajstić information content (AvgIpc) is 2.43. The van der Waals surface area contributed by atoms with Crippen LogP contribution < -0.4 is 15.8 Å². The molecule has 0 radical (unpaired) electrons. The fourth-order valence-corrected chi connectivity index (χ4v) is 1.89. The second kappa shape index (κ2) is 7.63. The minimum atomic E-state index is -0.299. The van der Waals surface area contributed by atoms with E-state index in [1.165, 1.54) is 7.11 Å². The Hall–Kier alpha value is -1.75. The Labute approximate surface area is 113 Å². The third-order valence-electron chi connectivity index (χ3n) is 3.17. The number of hydrogen-bond acceptors (Lipinski definition) is 4. The first-order valence-corrected chi connectivity index (χ1v) is 6.48. The van der Waals surface area contributed by atoms with Gasteiger partial charge in [-0.15, -0.1) is 0 Å². The number of phenolic OH excluding ortho intramolecular Hbond substituents is 1. The minimum absolute atomic E-state index is 0.130. The van der Waals surface area contributed by atoms with E-state index in [4.69, 9.17) is 10.5 Å². The number of aromatic hydroxyl groups is 1. The number of phenols is 1. The van der Waals surface area contributed by atoms with Gasteiger partial charge in [-0.3, -0.25) is 4.79 Å². The largest absolute Gasteiger partial charge is 0.504 e. The smallest absolute Gasteiger partial charge is 0.255 e. The summed E-state index contributed by atoms with van der Waals surface area (Å²) in [5, 5.41) is 12.7. The van der Waals surface area contributed by atoms with Gasteiger partial charge in [0.2, 0.25) is 0 Å². The van der Waals surface area contributed by atoms with E-state index in [9.17, 15) is 9.90 Å². The molecule has 0 heterocycles. The van der Waals surface area contributed by atoms with Crippen molar-refractivity contribution in [3.8, 4) is 11.5 Å². The van der Waals surface area contributed by atoms with E-state index in [0.717, 1.165) is 12.8 Å². The summed E-state index contributed by atoms with van der Waals surface area (Å²) in [7, 11) is 1.45. The summed E-state index contributed by atoms with van der Waals surface area (Å²) in [6.45, 7) is 3.23. The van der Waals surface area contributed by atoms with Gasteiger partial charge in [0, 0.05) is 6.54 Å².